The molecule has 0 bridgehead atoms. The van der Waals surface area contributed by atoms with E-state index in [1.807, 2.05) is 6.92 Å². The number of nitrogen functional groups attached to an aromatic ring is 1. The molecule has 0 atom stereocenters. The van der Waals surface area contributed by atoms with Gasteiger partial charge in [-0.05, 0) is 13.0 Å². The fraction of sp³-hybridized carbons (Fsp3) is 0.167. The predicted octanol–water partition coefficient (Wildman–Crippen LogP) is 1.82. The highest BCUT2D eigenvalue weighted by Gasteiger charge is 2.04. The van der Waals surface area contributed by atoms with Crippen molar-refractivity contribution >= 4 is 11.8 Å². The van der Waals surface area contributed by atoms with Crippen LogP contribution in [0.15, 0.2) is 30.5 Å². The molecule has 18 heavy (non-hydrogen) atoms. The topological polar surface area (TPSA) is 75.9 Å². The smallest absolute Gasteiger partial charge is 0.239 e. The van der Waals surface area contributed by atoms with Gasteiger partial charge in [0.2, 0.25) is 5.95 Å². The third-order valence-electron chi connectivity index (χ3n) is 2.50. The van der Waals surface area contributed by atoms with Crippen molar-refractivity contribution in [3.63, 3.8) is 0 Å². The van der Waals surface area contributed by atoms with Crippen LogP contribution in [0, 0.1) is 12.7 Å². The van der Waals surface area contributed by atoms with E-state index in [0.29, 0.717) is 23.9 Å². The number of benzene rings is 1. The van der Waals surface area contributed by atoms with Gasteiger partial charge in [0.1, 0.15) is 11.6 Å². The number of hydrazine groups is 1. The molecule has 0 spiro atoms. The minimum Gasteiger partial charge on any atom is -0.365 e. The van der Waals surface area contributed by atoms with Crippen LogP contribution in [0.3, 0.4) is 0 Å². The average Bonchev–Trinajstić information content (AvgIpc) is 2.39. The molecule has 0 fully saturated rings. The molecular formula is C12H14FN5. The quantitative estimate of drug-likeness (QED) is 0.567. The van der Waals surface area contributed by atoms with Crippen LogP contribution in [0.1, 0.15) is 11.1 Å². The van der Waals surface area contributed by atoms with E-state index in [2.05, 4.69) is 20.7 Å². The highest BCUT2D eigenvalue weighted by atomic mass is 19.1. The number of nitrogens with zero attached hydrogens (tertiary/aromatic N) is 2. The first-order valence-corrected chi connectivity index (χ1v) is 5.48. The molecule has 5 nitrogen and oxygen atoms in total. The molecule has 0 aliphatic rings. The first-order valence-electron chi connectivity index (χ1n) is 5.48. The lowest BCUT2D eigenvalue weighted by Crippen LogP contribution is -2.13. The molecule has 2 aromatic rings. The Balaban J connectivity index is 2.13. The Morgan fingerprint density at radius 3 is 2.83 bits per heavy atom. The van der Waals surface area contributed by atoms with Crippen molar-refractivity contribution in [2.75, 3.05) is 10.7 Å². The number of rotatable bonds is 4. The normalized spacial score (nSPS) is 10.2. The first kappa shape index (κ1) is 12.3. The van der Waals surface area contributed by atoms with Gasteiger partial charge in [-0.25, -0.2) is 15.2 Å². The molecule has 0 unspecified atom stereocenters. The van der Waals surface area contributed by atoms with Gasteiger partial charge >= 0.3 is 0 Å². The van der Waals surface area contributed by atoms with E-state index in [-0.39, 0.29) is 5.82 Å². The molecule has 0 aliphatic heterocycles. The van der Waals surface area contributed by atoms with Crippen molar-refractivity contribution in [1.29, 1.82) is 0 Å². The van der Waals surface area contributed by atoms with E-state index in [0.717, 1.165) is 5.56 Å². The molecule has 0 radical (unpaired) electrons. The summed E-state index contributed by atoms with van der Waals surface area (Å²) in [5, 5.41) is 3.06. The molecule has 0 saturated carbocycles. The summed E-state index contributed by atoms with van der Waals surface area (Å²) >= 11 is 0. The Morgan fingerprint density at radius 2 is 2.11 bits per heavy atom. The standard InChI is InChI=1S/C12H14FN5/c1-8-6-16-12(18-14)17-11(8)15-7-9-4-2-3-5-10(9)13/h2-6H,7,14H2,1H3,(H2,15,16,17,18). The summed E-state index contributed by atoms with van der Waals surface area (Å²) in [5.74, 6) is 5.94. The van der Waals surface area contributed by atoms with Crippen LogP contribution < -0.4 is 16.6 Å². The zero-order valence-electron chi connectivity index (χ0n) is 9.94. The SMILES string of the molecule is Cc1cnc(NN)nc1NCc1ccccc1F. The van der Waals surface area contributed by atoms with E-state index in [1.165, 1.54) is 6.07 Å². The van der Waals surface area contributed by atoms with Crippen molar-refractivity contribution < 1.29 is 4.39 Å². The van der Waals surface area contributed by atoms with Crippen molar-refractivity contribution in [3.05, 3.63) is 47.4 Å². The Hall–Kier alpha value is -2.21. The van der Waals surface area contributed by atoms with Crippen LogP contribution in [0.4, 0.5) is 16.2 Å². The maximum absolute atomic E-state index is 13.4. The Kier molecular flexibility index (Phi) is 3.69. The first-order chi connectivity index (χ1) is 8.70. The van der Waals surface area contributed by atoms with Crippen LogP contribution >= 0.6 is 0 Å². The second-order valence-electron chi connectivity index (χ2n) is 3.81. The Labute approximate surface area is 104 Å². The van der Waals surface area contributed by atoms with Gasteiger partial charge in [-0.15, -0.1) is 0 Å². The lowest BCUT2D eigenvalue weighted by atomic mass is 10.2. The summed E-state index contributed by atoms with van der Waals surface area (Å²) < 4.78 is 13.4. The zero-order chi connectivity index (χ0) is 13.0. The summed E-state index contributed by atoms with van der Waals surface area (Å²) in [6.45, 7) is 2.22. The number of aromatic nitrogens is 2. The van der Waals surface area contributed by atoms with Gasteiger partial charge in [0.25, 0.3) is 0 Å². The fourth-order valence-corrected chi connectivity index (χ4v) is 1.51. The van der Waals surface area contributed by atoms with Gasteiger partial charge in [0, 0.05) is 23.9 Å². The van der Waals surface area contributed by atoms with Crippen molar-refractivity contribution in [3.8, 4) is 0 Å². The number of halogens is 1. The van der Waals surface area contributed by atoms with Crippen molar-refractivity contribution in [2.45, 2.75) is 13.5 Å². The molecule has 1 aromatic heterocycles. The van der Waals surface area contributed by atoms with Crippen LogP contribution in [0.2, 0.25) is 0 Å². The van der Waals surface area contributed by atoms with Gasteiger partial charge in [0.05, 0.1) is 0 Å². The number of hydrogen-bond donors (Lipinski definition) is 3. The van der Waals surface area contributed by atoms with E-state index in [1.54, 1.807) is 24.4 Å². The van der Waals surface area contributed by atoms with Gasteiger partial charge in [-0.3, -0.25) is 5.43 Å². The van der Waals surface area contributed by atoms with Crippen LogP contribution in [-0.2, 0) is 6.54 Å². The third-order valence-corrected chi connectivity index (χ3v) is 2.50. The molecule has 4 N–H and O–H groups in total. The molecule has 6 heteroatoms. The lowest BCUT2D eigenvalue weighted by molar-refractivity contribution is 0.613. The molecule has 94 valence electrons. The molecule has 0 aliphatic carbocycles. The minimum atomic E-state index is -0.242. The molecule has 1 aromatic carbocycles. The zero-order valence-corrected chi connectivity index (χ0v) is 9.94. The van der Waals surface area contributed by atoms with Crippen LogP contribution in [-0.4, -0.2) is 9.97 Å². The summed E-state index contributed by atoms with van der Waals surface area (Å²) in [4.78, 5) is 8.12. The maximum atomic E-state index is 13.4. The van der Waals surface area contributed by atoms with Gasteiger partial charge in [0.15, 0.2) is 0 Å². The summed E-state index contributed by atoms with van der Waals surface area (Å²) in [7, 11) is 0. The summed E-state index contributed by atoms with van der Waals surface area (Å²) in [6.07, 6.45) is 1.64. The monoisotopic (exact) mass is 247 g/mol. The number of anilines is 2. The summed E-state index contributed by atoms with van der Waals surface area (Å²) in [6, 6.07) is 6.60. The second-order valence-corrected chi connectivity index (χ2v) is 3.81. The summed E-state index contributed by atoms with van der Waals surface area (Å²) in [5.41, 5.74) is 3.82. The van der Waals surface area contributed by atoms with Crippen molar-refractivity contribution in [1.82, 2.24) is 9.97 Å². The van der Waals surface area contributed by atoms with Crippen LogP contribution in [0.5, 0.6) is 0 Å². The minimum absolute atomic E-state index is 0.242. The molecule has 2 rings (SSSR count). The third kappa shape index (κ3) is 2.72. The largest absolute Gasteiger partial charge is 0.365 e. The van der Waals surface area contributed by atoms with E-state index >= 15 is 0 Å². The number of aryl methyl sites for hydroxylation is 1. The van der Waals surface area contributed by atoms with Crippen LogP contribution in [0.25, 0.3) is 0 Å². The van der Waals surface area contributed by atoms with E-state index < -0.39 is 0 Å². The highest BCUT2D eigenvalue weighted by Crippen LogP contribution is 2.14. The average molecular weight is 247 g/mol. The van der Waals surface area contributed by atoms with Crippen molar-refractivity contribution in [2.24, 2.45) is 5.84 Å². The Morgan fingerprint density at radius 1 is 1.33 bits per heavy atom. The molecule has 0 amide bonds. The predicted molar refractivity (Wildman–Crippen MR) is 68.3 cm³/mol. The Bertz CT molecular complexity index is 544. The number of hydrogen-bond acceptors (Lipinski definition) is 5. The number of nitrogens with one attached hydrogen (secondary N) is 2. The molecular weight excluding hydrogens is 233 g/mol. The lowest BCUT2D eigenvalue weighted by Gasteiger charge is -2.10. The maximum Gasteiger partial charge on any atom is 0.239 e. The molecule has 0 saturated heterocycles. The van der Waals surface area contributed by atoms with Gasteiger partial charge < -0.3 is 5.32 Å². The van der Waals surface area contributed by atoms with Gasteiger partial charge in [-0.1, -0.05) is 18.2 Å². The van der Waals surface area contributed by atoms with E-state index in [9.17, 15) is 4.39 Å². The van der Waals surface area contributed by atoms with E-state index in [4.69, 9.17) is 5.84 Å². The number of nitrogens with two attached hydrogens (primary N) is 1. The molecule has 1 heterocycles. The highest BCUT2D eigenvalue weighted by molar-refractivity contribution is 5.46. The fourth-order valence-electron chi connectivity index (χ4n) is 1.51. The second kappa shape index (κ2) is 5.42. The van der Waals surface area contributed by atoms with Gasteiger partial charge in [-0.2, -0.15) is 4.98 Å².